The minimum atomic E-state index is 0.399. The van der Waals surface area contributed by atoms with Gasteiger partial charge in [0.1, 0.15) is 5.76 Å². The fourth-order valence-corrected chi connectivity index (χ4v) is 3.16. The van der Waals surface area contributed by atoms with E-state index in [0.29, 0.717) is 6.04 Å². The first-order valence-electron chi connectivity index (χ1n) is 7.43. The molecule has 2 heterocycles. The lowest BCUT2D eigenvalue weighted by atomic mass is 10.2. The molecule has 116 valence electrons. The van der Waals surface area contributed by atoms with Crippen LogP contribution in [0.5, 0.6) is 0 Å². The van der Waals surface area contributed by atoms with E-state index in [0.717, 1.165) is 41.6 Å². The van der Waals surface area contributed by atoms with E-state index in [1.165, 1.54) is 4.70 Å². The SMILES string of the molecule is COCCC(C)NCc1ccc(-c2nc3ccccc3s2)o1. The monoisotopic (exact) mass is 316 g/mol. The second-order valence-corrected chi connectivity index (χ2v) is 6.35. The van der Waals surface area contributed by atoms with E-state index in [4.69, 9.17) is 9.15 Å². The Hall–Kier alpha value is -1.69. The molecule has 2 aromatic heterocycles. The molecule has 0 bridgehead atoms. The van der Waals surface area contributed by atoms with Crippen molar-refractivity contribution in [2.45, 2.75) is 25.9 Å². The quantitative estimate of drug-likeness (QED) is 0.714. The zero-order valence-corrected chi connectivity index (χ0v) is 13.7. The average Bonchev–Trinajstić information content (AvgIpc) is 3.16. The number of methoxy groups -OCH3 is 1. The van der Waals surface area contributed by atoms with Gasteiger partial charge in [-0.2, -0.15) is 0 Å². The van der Waals surface area contributed by atoms with Crippen LogP contribution in [0.15, 0.2) is 40.8 Å². The Balaban J connectivity index is 1.65. The minimum absolute atomic E-state index is 0.399. The molecular weight excluding hydrogens is 296 g/mol. The van der Waals surface area contributed by atoms with Crippen LogP contribution >= 0.6 is 11.3 Å². The summed E-state index contributed by atoms with van der Waals surface area (Å²) in [6, 6.07) is 12.5. The fraction of sp³-hybridized carbons (Fsp3) is 0.353. The van der Waals surface area contributed by atoms with E-state index >= 15 is 0 Å². The van der Waals surface area contributed by atoms with Crippen LogP contribution in [0.2, 0.25) is 0 Å². The third-order valence-electron chi connectivity index (χ3n) is 3.55. The Kier molecular flexibility index (Phi) is 4.87. The normalized spacial score (nSPS) is 12.8. The number of para-hydroxylation sites is 1. The van der Waals surface area contributed by atoms with Crippen molar-refractivity contribution < 1.29 is 9.15 Å². The Morgan fingerprint density at radius 1 is 1.27 bits per heavy atom. The molecule has 1 unspecified atom stereocenters. The maximum Gasteiger partial charge on any atom is 0.163 e. The molecule has 1 N–H and O–H groups in total. The second kappa shape index (κ2) is 7.05. The van der Waals surface area contributed by atoms with Gasteiger partial charge in [-0.15, -0.1) is 11.3 Å². The number of furan rings is 1. The average molecular weight is 316 g/mol. The molecule has 4 nitrogen and oxygen atoms in total. The highest BCUT2D eigenvalue weighted by Gasteiger charge is 2.11. The molecule has 0 aliphatic heterocycles. The van der Waals surface area contributed by atoms with Gasteiger partial charge in [0, 0.05) is 19.8 Å². The Bertz CT molecular complexity index is 702. The van der Waals surface area contributed by atoms with Gasteiger partial charge in [-0.1, -0.05) is 12.1 Å². The Labute approximate surface area is 134 Å². The number of hydrogen-bond acceptors (Lipinski definition) is 5. The molecule has 1 atom stereocenters. The number of hydrogen-bond donors (Lipinski definition) is 1. The number of nitrogens with one attached hydrogen (secondary N) is 1. The molecule has 3 aromatic rings. The molecule has 0 aliphatic rings. The second-order valence-electron chi connectivity index (χ2n) is 5.32. The number of nitrogens with zero attached hydrogens (tertiary/aromatic N) is 1. The number of rotatable bonds is 7. The van der Waals surface area contributed by atoms with Crippen LogP contribution in [0.3, 0.4) is 0 Å². The number of fused-ring (bicyclic) bond motifs is 1. The number of thiazole rings is 1. The summed E-state index contributed by atoms with van der Waals surface area (Å²) in [5, 5.41) is 4.36. The molecule has 22 heavy (non-hydrogen) atoms. The molecule has 0 amide bonds. The number of ether oxygens (including phenoxy) is 1. The van der Waals surface area contributed by atoms with Crippen LogP contribution in [0, 0.1) is 0 Å². The largest absolute Gasteiger partial charge is 0.457 e. The van der Waals surface area contributed by atoms with E-state index in [9.17, 15) is 0 Å². The lowest BCUT2D eigenvalue weighted by Crippen LogP contribution is -2.26. The predicted molar refractivity (Wildman–Crippen MR) is 90.1 cm³/mol. The van der Waals surface area contributed by atoms with Crippen molar-refractivity contribution >= 4 is 21.6 Å². The van der Waals surface area contributed by atoms with Crippen molar-refractivity contribution in [3.63, 3.8) is 0 Å². The van der Waals surface area contributed by atoms with Crippen molar-refractivity contribution in [3.8, 4) is 10.8 Å². The fourth-order valence-electron chi connectivity index (χ4n) is 2.24. The maximum atomic E-state index is 5.91. The Morgan fingerprint density at radius 3 is 2.95 bits per heavy atom. The summed E-state index contributed by atoms with van der Waals surface area (Å²) < 4.78 is 12.2. The highest BCUT2D eigenvalue weighted by molar-refractivity contribution is 7.21. The molecule has 0 spiro atoms. The smallest absolute Gasteiger partial charge is 0.163 e. The van der Waals surface area contributed by atoms with Gasteiger partial charge in [0.15, 0.2) is 10.8 Å². The van der Waals surface area contributed by atoms with Gasteiger partial charge < -0.3 is 14.5 Å². The van der Waals surface area contributed by atoms with Gasteiger partial charge in [0.2, 0.25) is 0 Å². The van der Waals surface area contributed by atoms with Crippen LogP contribution in [-0.4, -0.2) is 24.7 Å². The molecular formula is C17H20N2O2S. The zero-order valence-electron chi connectivity index (χ0n) is 12.8. The van der Waals surface area contributed by atoms with Crippen LogP contribution in [0.4, 0.5) is 0 Å². The van der Waals surface area contributed by atoms with Crippen LogP contribution in [0.1, 0.15) is 19.1 Å². The zero-order chi connectivity index (χ0) is 15.4. The first kappa shape index (κ1) is 15.2. The van der Waals surface area contributed by atoms with E-state index < -0.39 is 0 Å². The summed E-state index contributed by atoms with van der Waals surface area (Å²) in [4.78, 5) is 4.62. The third-order valence-corrected chi connectivity index (χ3v) is 4.60. The van der Waals surface area contributed by atoms with Gasteiger partial charge >= 0.3 is 0 Å². The first-order chi connectivity index (χ1) is 10.8. The van der Waals surface area contributed by atoms with Gasteiger partial charge in [0.25, 0.3) is 0 Å². The maximum absolute atomic E-state index is 5.91. The van der Waals surface area contributed by atoms with Gasteiger partial charge in [0.05, 0.1) is 16.8 Å². The van der Waals surface area contributed by atoms with Crippen molar-refractivity contribution in [2.24, 2.45) is 0 Å². The van der Waals surface area contributed by atoms with Gasteiger partial charge in [-0.25, -0.2) is 4.98 Å². The van der Waals surface area contributed by atoms with Crippen LogP contribution in [0.25, 0.3) is 21.0 Å². The summed E-state index contributed by atoms with van der Waals surface area (Å²) in [5.74, 6) is 1.76. The van der Waals surface area contributed by atoms with E-state index in [-0.39, 0.29) is 0 Å². The van der Waals surface area contributed by atoms with Crippen LogP contribution < -0.4 is 5.32 Å². The molecule has 1 aromatic carbocycles. The number of benzene rings is 1. The van der Waals surface area contributed by atoms with Gasteiger partial charge in [-0.05, 0) is 37.6 Å². The van der Waals surface area contributed by atoms with Crippen molar-refractivity contribution in [1.82, 2.24) is 10.3 Å². The Morgan fingerprint density at radius 2 is 2.14 bits per heavy atom. The van der Waals surface area contributed by atoms with E-state index in [1.807, 2.05) is 30.3 Å². The van der Waals surface area contributed by atoms with Crippen molar-refractivity contribution in [3.05, 3.63) is 42.2 Å². The van der Waals surface area contributed by atoms with Crippen molar-refractivity contribution in [1.29, 1.82) is 0 Å². The number of aromatic nitrogens is 1. The van der Waals surface area contributed by atoms with Gasteiger partial charge in [-0.3, -0.25) is 0 Å². The summed E-state index contributed by atoms with van der Waals surface area (Å²) >= 11 is 1.66. The molecule has 5 heteroatoms. The standard InChI is InChI=1S/C17H20N2O2S/c1-12(9-10-20-2)18-11-13-7-8-15(21-13)17-19-14-5-3-4-6-16(14)22-17/h3-8,12,18H,9-11H2,1-2H3. The molecule has 0 saturated heterocycles. The lowest BCUT2D eigenvalue weighted by Gasteiger charge is -2.11. The summed E-state index contributed by atoms with van der Waals surface area (Å²) in [7, 11) is 1.73. The molecule has 0 fully saturated rings. The highest BCUT2D eigenvalue weighted by Crippen LogP contribution is 2.31. The summed E-state index contributed by atoms with van der Waals surface area (Å²) in [6.07, 6.45) is 0.988. The molecule has 0 saturated carbocycles. The van der Waals surface area contributed by atoms with E-state index in [2.05, 4.69) is 23.3 Å². The first-order valence-corrected chi connectivity index (χ1v) is 8.25. The topological polar surface area (TPSA) is 47.3 Å². The third kappa shape index (κ3) is 3.55. The molecule has 0 aliphatic carbocycles. The summed E-state index contributed by atoms with van der Waals surface area (Å²) in [5.41, 5.74) is 1.02. The molecule has 3 rings (SSSR count). The highest BCUT2D eigenvalue weighted by atomic mass is 32.1. The molecule has 0 radical (unpaired) electrons. The summed E-state index contributed by atoms with van der Waals surface area (Å²) in [6.45, 7) is 3.63. The van der Waals surface area contributed by atoms with Crippen LogP contribution in [-0.2, 0) is 11.3 Å². The lowest BCUT2D eigenvalue weighted by molar-refractivity contribution is 0.184. The predicted octanol–water partition coefficient (Wildman–Crippen LogP) is 4.07. The minimum Gasteiger partial charge on any atom is -0.457 e. The van der Waals surface area contributed by atoms with Crippen molar-refractivity contribution in [2.75, 3.05) is 13.7 Å². The van der Waals surface area contributed by atoms with E-state index in [1.54, 1.807) is 18.4 Å².